The molecule has 0 aliphatic rings. The van der Waals surface area contributed by atoms with E-state index in [1.165, 1.54) is 0 Å². The summed E-state index contributed by atoms with van der Waals surface area (Å²) < 4.78 is 0. The van der Waals surface area contributed by atoms with Gasteiger partial charge in [0, 0.05) is 12.7 Å². The van der Waals surface area contributed by atoms with Gasteiger partial charge in [0.05, 0.1) is 16.3 Å². The van der Waals surface area contributed by atoms with Crippen molar-refractivity contribution in [3.05, 3.63) is 52.7 Å². The zero-order valence-corrected chi connectivity index (χ0v) is 12.2. The molecule has 5 heteroatoms. The molecule has 2 N–H and O–H groups in total. The van der Waals surface area contributed by atoms with Crippen LogP contribution >= 0.6 is 11.6 Å². The molecule has 0 aliphatic heterocycles. The third kappa shape index (κ3) is 3.08. The van der Waals surface area contributed by atoms with Crippen LogP contribution in [-0.2, 0) is 0 Å². The van der Waals surface area contributed by atoms with E-state index in [1.807, 2.05) is 26.0 Å². The molecule has 0 aliphatic carbocycles. The van der Waals surface area contributed by atoms with E-state index >= 15 is 0 Å². The van der Waals surface area contributed by atoms with Crippen molar-refractivity contribution in [2.45, 2.75) is 13.8 Å². The molecule has 1 amide bonds. The quantitative estimate of drug-likeness (QED) is 0.902. The van der Waals surface area contributed by atoms with Gasteiger partial charge in [-0.15, -0.1) is 0 Å². The number of carbonyl (C=O) groups excluding carboxylic acids is 1. The molecule has 0 saturated heterocycles. The number of hydrogen-bond donors (Lipinski definition) is 2. The Labute approximate surface area is 123 Å². The van der Waals surface area contributed by atoms with E-state index in [1.54, 1.807) is 24.4 Å². The Morgan fingerprint density at radius 1 is 1.30 bits per heavy atom. The van der Waals surface area contributed by atoms with Crippen LogP contribution in [0.15, 0.2) is 36.5 Å². The zero-order chi connectivity index (χ0) is 14.5. The summed E-state index contributed by atoms with van der Waals surface area (Å²) in [5.74, 6) is 0.336. The molecule has 0 atom stereocenters. The number of nitrogens with zero attached hydrogens (tertiary/aromatic N) is 1. The number of aryl methyl sites for hydroxylation is 1. The lowest BCUT2D eigenvalue weighted by Gasteiger charge is -2.12. The molecular formula is C15H16ClN3O. The number of hydrogen-bond acceptors (Lipinski definition) is 3. The first-order valence-corrected chi connectivity index (χ1v) is 6.76. The van der Waals surface area contributed by atoms with Crippen LogP contribution in [0.3, 0.4) is 0 Å². The second-order valence-corrected chi connectivity index (χ2v) is 4.72. The number of para-hydroxylation sites is 1. The Balaban J connectivity index is 2.29. The molecule has 20 heavy (non-hydrogen) atoms. The third-order valence-electron chi connectivity index (χ3n) is 2.86. The van der Waals surface area contributed by atoms with Crippen molar-refractivity contribution in [3.63, 3.8) is 0 Å². The minimum atomic E-state index is -0.231. The number of benzene rings is 1. The van der Waals surface area contributed by atoms with E-state index in [0.717, 1.165) is 5.56 Å². The van der Waals surface area contributed by atoms with Gasteiger partial charge < -0.3 is 10.6 Å². The maximum atomic E-state index is 12.4. The summed E-state index contributed by atoms with van der Waals surface area (Å²) >= 11 is 6.12. The SMILES string of the molecule is CCNc1ncccc1C(=O)Nc1c(C)cccc1Cl. The number of amides is 1. The average molecular weight is 290 g/mol. The largest absolute Gasteiger partial charge is 0.370 e. The van der Waals surface area contributed by atoms with Gasteiger partial charge in [0.1, 0.15) is 5.82 Å². The number of rotatable bonds is 4. The molecule has 1 heterocycles. The first-order valence-electron chi connectivity index (χ1n) is 6.38. The summed E-state index contributed by atoms with van der Waals surface area (Å²) in [7, 11) is 0. The molecule has 1 aromatic carbocycles. The number of halogens is 1. The predicted molar refractivity (Wildman–Crippen MR) is 82.5 cm³/mol. The minimum Gasteiger partial charge on any atom is -0.370 e. The van der Waals surface area contributed by atoms with Crippen LogP contribution in [0.5, 0.6) is 0 Å². The fourth-order valence-electron chi connectivity index (χ4n) is 1.87. The van der Waals surface area contributed by atoms with Crippen LogP contribution in [0.25, 0.3) is 0 Å². The second-order valence-electron chi connectivity index (χ2n) is 4.32. The lowest BCUT2D eigenvalue weighted by Crippen LogP contribution is -2.16. The zero-order valence-electron chi connectivity index (χ0n) is 11.4. The van der Waals surface area contributed by atoms with Crippen molar-refractivity contribution in [3.8, 4) is 0 Å². The van der Waals surface area contributed by atoms with Crippen LogP contribution in [0, 0.1) is 6.92 Å². The highest BCUT2D eigenvalue weighted by atomic mass is 35.5. The van der Waals surface area contributed by atoms with Gasteiger partial charge in [-0.3, -0.25) is 4.79 Å². The van der Waals surface area contributed by atoms with Crippen molar-refractivity contribution >= 4 is 29.0 Å². The molecule has 2 aromatic rings. The minimum absolute atomic E-state index is 0.231. The highest BCUT2D eigenvalue weighted by Crippen LogP contribution is 2.26. The molecule has 0 fully saturated rings. The summed E-state index contributed by atoms with van der Waals surface area (Å²) in [5.41, 5.74) is 2.04. The van der Waals surface area contributed by atoms with E-state index in [9.17, 15) is 4.79 Å². The van der Waals surface area contributed by atoms with Crippen molar-refractivity contribution in [1.29, 1.82) is 0 Å². The van der Waals surface area contributed by atoms with Gasteiger partial charge >= 0.3 is 0 Å². The molecule has 2 rings (SSSR count). The van der Waals surface area contributed by atoms with Crippen LogP contribution in [0.4, 0.5) is 11.5 Å². The topological polar surface area (TPSA) is 54.0 Å². The highest BCUT2D eigenvalue weighted by Gasteiger charge is 2.14. The van der Waals surface area contributed by atoms with Crippen molar-refractivity contribution in [1.82, 2.24) is 4.98 Å². The van der Waals surface area contributed by atoms with Gasteiger partial charge in [0.25, 0.3) is 5.91 Å². The Bertz CT molecular complexity index is 608. The van der Waals surface area contributed by atoms with Gasteiger partial charge in [-0.25, -0.2) is 4.98 Å². The van der Waals surface area contributed by atoms with E-state index < -0.39 is 0 Å². The monoisotopic (exact) mass is 289 g/mol. The normalized spacial score (nSPS) is 10.2. The van der Waals surface area contributed by atoms with Gasteiger partial charge in [0.15, 0.2) is 0 Å². The van der Waals surface area contributed by atoms with Gasteiger partial charge in [-0.2, -0.15) is 0 Å². The Morgan fingerprint density at radius 2 is 2.10 bits per heavy atom. The molecule has 0 saturated carbocycles. The maximum Gasteiger partial charge on any atom is 0.259 e. The number of carbonyl (C=O) groups is 1. The summed E-state index contributed by atoms with van der Waals surface area (Å²) in [6.07, 6.45) is 1.65. The molecule has 0 radical (unpaired) electrons. The molecule has 104 valence electrons. The van der Waals surface area contributed by atoms with Crippen LogP contribution in [-0.4, -0.2) is 17.4 Å². The number of pyridine rings is 1. The first kappa shape index (κ1) is 14.3. The molecule has 0 unspecified atom stereocenters. The lowest BCUT2D eigenvalue weighted by molar-refractivity contribution is 0.102. The third-order valence-corrected chi connectivity index (χ3v) is 3.17. The fourth-order valence-corrected chi connectivity index (χ4v) is 2.14. The fraction of sp³-hybridized carbons (Fsp3) is 0.200. The highest BCUT2D eigenvalue weighted by molar-refractivity contribution is 6.34. The second kappa shape index (κ2) is 6.39. The van der Waals surface area contributed by atoms with E-state index in [0.29, 0.717) is 28.6 Å². The van der Waals surface area contributed by atoms with E-state index in [-0.39, 0.29) is 5.91 Å². The molecule has 0 spiro atoms. The van der Waals surface area contributed by atoms with Crippen LogP contribution < -0.4 is 10.6 Å². The molecular weight excluding hydrogens is 274 g/mol. The van der Waals surface area contributed by atoms with Crippen LogP contribution in [0.1, 0.15) is 22.8 Å². The van der Waals surface area contributed by atoms with Gasteiger partial charge in [-0.05, 0) is 37.6 Å². The Morgan fingerprint density at radius 3 is 2.80 bits per heavy atom. The summed E-state index contributed by atoms with van der Waals surface area (Å²) in [5, 5.41) is 6.43. The summed E-state index contributed by atoms with van der Waals surface area (Å²) in [4.78, 5) is 16.5. The predicted octanol–water partition coefficient (Wildman–Crippen LogP) is 3.73. The smallest absolute Gasteiger partial charge is 0.259 e. The summed E-state index contributed by atoms with van der Waals surface area (Å²) in [6.45, 7) is 4.55. The van der Waals surface area contributed by atoms with Crippen LogP contribution in [0.2, 0.25) is 5.02 Å². The van der Waals surface area contributed by atoms with Crippen molar-refractivity contribution in [2.24, 2.45) is 0 Å². The van der Waals surface area contributed by atoms with E-state index in [4.69, 9.17) is 11.6 Å². The number of anilines is 2. The van der Waals surface area contributed by atoms with Crippen molar-refractivity contribution in [2.75, 3.05) is 17.2 Å². The van der Waals surface area contributed by atoms with Gasteiger partial charge in [0.2, 0.25) is 0 Å². The first-order chi connectivity index (χ1) is 9.63. The number of nitrogens with one attached hydrogen (secondary N) is 2. The van der Waals surface area contributed by atoms with E-state index in [2.05, 4.69) is 15.6 Å². The molecule has 0 bridgehead atoms. The maximum absolute atomic E-state index is 12.4. The molecule has 4 nitrogen and oxygen atoms in total. The number of aromatic nitrogens is 1. The summed E-state index contributed by atoms with van der Waals surface area (Å²) in [6, 6.07) is 8.96. The Kier molecular flexibility index (Phi) is 4.58. The average Bonchev–Trinajstić information content (AvgIpc) is 2.44. The van der Waals surface area contributed by atoms with Gasteiger partial charge in [-0.1, -0.05) is 23.7 Å². The Hall–Kier alpha value is -2.07. The molecule has 1 aromatic heterocycles. The lowest BCUT2D eigenvalue weighted by atomic mass is 10.1. The standard InChI is InChI=1S/C15H16ClN3O/c1-3-17-14-11(7-5-9-18-14)15(20)19-13-10(2)6-4-8-12(13)16/h4-9H,3H2,1-2H3,(H,17,18)(H,19,20). The van der Waals surface area contributed by atoms with Crippen molar-refractivity contribution < 1.29 is 4.79 Å².